The summed E-state index contributed by atoms with van der Waals surface area (Å²) in [5.41, 5.74) is 5.98. The quantitative estimate of drug-likeness (QED) is 0.614. The molecule has 0 bridgehead atoms. The molecule has 0 saturated heterocycles. The molecular formula is C23H27ClN2OS. The van der Waals surface area contributed by atoms with E-state index in [1.807, 2.05) is 25.2 Å². The maximum atomic E-state index is 12.0. The van der Waals surface area contributed by atoms with Crippen LogP contribution >= 0.6 is 23.7 Å². The molecule has 3 nitrogen and oxygen atoms in total. The predicted molar refractivity (Wildman–Crippen MR) is 121 cm³/mol. The van der Waals surface area contributed by atoms with Gasteiger partial charge in [-0.15, -0.1) is 23.7 Å². The van der Waals surface area contributed by atoms with Crippen molar-refractivity contribution in [1.82, 2.24) is 10.3 Å². The summed E-state index contributed by atoms with van der Waals surface area (Å²) in [6.07, 6.45) is 4.24. The first-order chi connectivity index (χ1) is 13.1. The molecule has 1 aliphatic rings. The molecule has 0 amide bonds. The van der Waals surface area contributed by atoms with E-state index in [0.29, 0.717) is 6.04 Å². The van der Waals surface area contributed by atoms with E-state index >= 15 is 0 Å². The van der Waals surface area contributed by atoms with Gasteiger partial charge in [-0.2, -0.15) is 0 Å². The van der Waals surface area contributed by atoms with Crippen LogP contribution in [-0.4, -0.2) is 11.0 Å². The van der Waals surface area contributed by atoms with E-state index in [0.717, 1.165) is 36.2 Å². The third-order valence-corrected chi connectivity index (χ3v) is 6.65. The summed E-state index contributed by atoms with van der Waals surface area (Å²) in [5, 5.41) is 3.74. The predicted octanol–water partition coefficient (Wildman–Crippen LogP) is 5.04. The highest BCUT2D eigenvalue weighted by atomic mass is 35.5. The summed E-state index contributed by atoms with van der Waals surface area (Å²) in [6, 6.07) is 15.8. The Morgan fingerprint density at radius 1 is 1.18 bits per heavy atom. The van der Waals surface area contributed by atoms with Crippen molar-refractivity contribution in [2.24, 2.45) is 0 Å². The minimum Gasteiger partial charge on any atom is -0.326 e. The number of aromatic nitrogens is 1. The van der Waals surface area contributed by atoms with Crippen LogP contribution in [0.1, 0.15) is 40.6 Å². The summed E-state index contributed by atoms with van der Waals surface area (Å²) < 4.78 is 0. The smallest absolute Gasteiger partial charge is 0.251 e. The van der Waals surface area contributed by atoms with Crippen molar-refractivity contribution in [2.45, 2.75) is 52.1 Å². The van der Waals surface area contributed by atoms with E-state index in [4.69, 9.17) is 0 Å². The van der Waals surface area contributed by atoms with Crippen LogP contribution in [0, 0.1) is 6.92 Å². The fraction of sp³-hybridized carbons (Fsp3) is 0.348. The van der Waals surface area contributed by atoms with E-state index in [-0.39, 0.29) is 18.0 Å². The molecule has 4 rings (SSSR count). The summed E-state index contributed by atoms with van der Waals surface area (Å²) in [4.78, 5) is 17.5. The Hall–Kier alpha value is -1.88. The molecule has 0 saturated carbocycles. The average Bonchev–Trinajstić information content (AvgIpc) is 3.15. The van der Waals surface area contributed by atoms with Crippen molar-refractivity contribution >= 4 is 23.7 Å². The highest BCUT2D eigenvalue weighted by Crippen LogP contribution is 2.30. The number of nitrogens with one attached hydrogen (secondary N) is 2. The van der Waals surface area contributed by atoms with Gasteiger partial charge < -0.3 is 10.3 Å². The van der Waals surface area contributed by atoms with Crippen LogP contribution < -0.4 is 10.9 Å². The fourth-order valence-electron chi connectivity index (χ4n) is 3.92. The van der Waals surface area contributed by atoms with Gasteiger partial charge in [0.15, 0.2) is 0 Å². The van der Waals surface area contributed by atoms with Crippen LogP contribution in [0.15, 0.2) is 47.3 Å². The van der Waals surface area contributed by atoms with E-state index < -0.39 is 0 Å². The number of fused-ring (bicyclic) bond motifs is 1. The van der Waals surface area contributed by atoms with E-state index in [9.17, 15) is 4.79 Å². The molecule has 0 spiro atoms. The van der Waals surface area contributed by atoms with Gasteiger partial charge in [-0.3, -0.25) is 4.79 Å². The molecule has 1 aliphatic carbocycles. The molecule has 2 aromatic heterocycles. The van der Waals surface area contributed by atoms with Crippen molar-refractivity contribution in [2.75, 3.05) is 0 Å². The molecular weight excluding hydrogens is 388 g/mol. The molecule has 28 heavy (non-hydrogen) atoms. The zero-order valence-corrected chi connectivity index (χ0v) is 18.0. The standard InChI is InChI=1S/C23H26N2OS.ClH/c1-3-16-13-21(15(2)25-23(16)26)22-11-10-20(27-22)14-24-19-9-8-17-6-4-5-7-18(17)12-19;/h4-7,10-11,13,19,24H,3,8-9,12,14H2,1-2H3,(H,25,26);1H. The summed E-state index contributed by atoms with van der Waals surface area (Å²) in [7, 11) is 0. The highest BCUT2D eigenvalue weighted by Gasteiger charge is 2.18. The zero-order chi connectivity index (χ0) is 18.8. The fourth-order valence-corrected chi connectivity index (χ4v) is 4.95. The molecule has 5 heteroatoms. The molecule has 148 valence electrons. The number of benzene rings is 1. The van der Waals surface area contributed by atoms with Crippen molar-refractivity contribution in [3.8, 4) is 10.4 Å². The number of H-pyrrole nitrogens is 1. The number of aromatic amines is 1. The Labute approximate surface area is 176 Å². The number of hydrogen-bond donors (Lipinski definition) is 2. The number of rotatable bonds is 5. The van der Waals surface area contributed by atoms with Gasteiger partial charge in [-0.05, 0) is 61.9 Å². The Morgan fingerprint density at radius 2 is 1.96 bits per heavy atom. The maximum Gasteiger partial charge on any atom is 0.251 e. The summed E-state index contributed by atoms with van der Waals surface area (Å²) in [6.45, 7) is 4.91. The van der Waals surface area contributed by atoms with Gasteiger partial charge >= 0.3 is 0 Å². The molecule has 1 unspecified atom stereocenters. The largest absolute Gasteiger partial charge is 0.326 e. The first kappa shape index (κ1) is 20.8. The lowest BCUT2D eigenvalue weighted by Crippen LogP contribution is -2.33. The molecule has 2 heterocycles. The number of hydrogen-bond acceptors (Lipinski definition) is 3. The molecule has 1 atom stereocenters. The molecule has 2 N–H and O–H groups in total. The zero-order valence-electron chi connectivity index (χ0n) is 16.4. The van der Waals surface area contributed by atoms with E-state index in [1.54, 1.807) is 0 Å². The lowest BCUT2D eigenvalue weighted by Gasteiger charge is -2.25. The Balaban J connectivity index is 0.00000225. The summed E-state index contributed by atoms with van der Waals surface area (Å²) in [5.74, 6) is 0. The SMILES string of the molecule is CCc1cc(-c2ccc(CNC3CCc4ccccc4C3)s2)c(C)[nH]c1=O.Cl. The van der Waals surface area contributed by atoms with Crippen LogP contribution in [0.5, 0.6) is 0 Å². The van der Waals surface area contributed by atoms with Crippen LogP contribution in [0.2, 0.25) is 0 Å². The van der Waals surface area contributed by atoms with Gasteiger partial charge in [-0.1, -0.05) is 31.2 Å². The van der Waals surface area contributed by atoms with Gasteiger partial charge in [0.1, 0.15) is 0 Å². The highest BCUT2D eigenvalue weighted by molar-refractivity contribution is 7.15. The van der Waals surface area contributed by atoms with Gasteiger partial charge in [0, 0.05) is 39.2 Å². The third kappa shape index (κ3) is 4.40. The monoisotopic (exact) mass is 414 g/mol. The Bertz CT molecular complexity index is 1010. The lowest BCUT2D eigenvalue weighted by molar-refractivity contribution is 0.459. The first-order valence-electron chi connectivity index (χ1n) is 9.76. The normalized spacial score (nSPS) is 15.7. The van der Waals surface area contributed by atoms with Crippen LogP contribution in [0.3, 0.4) is 0 Å². The molecule has 1 aromatic carbocycles. The van der Waals surface area contributed by atoms with Crippen molar-refractivity contribution < 1.29 is 0 Å². The Morgan fingerprint density at radius 3 is 2.75 bits per heavy atom. The molecule has 0 aliphatic heterocycles. The van der Waals surface area contributed by atoms with Crippen LogP contribution in [0.4, 0.5) is 0 Å². The lowest BCUT2D eigenvalue weighted by atomic mass is 9.88. The van der Waals surface area contributed by atoms with Crippen LogP contribution in [0.25, 0.3) is 10.4 Å². The van der Waals surface area contributed by atoms with Crippen molar-refractivity contribution in [3.63, 3.8) is 0 Å². The van der Waals surface area contributed by atoms with Crippen LogP contribution in [-0.2, 0) is 25.8 Å². The molecule has 0 radical (unpaired) electrons. The second kappa shape index (κ2) is 9.08. The summed E-state index contributed by atoms with van der Waals surface area (Å²) >= 11 is 1.81. The topological polar surface area (TPSA) is 44.9 Å². The van der Waals surface area contributed by atoms with Crippen molar-refractivity contribution in [1.29, 1.82) is 0 Å². The maximum absolute atomic E-state index is 12.0. The third-order valence-electron chi connectivity index (χ3n) is 5.54. The Kier molecular flexibility index (Phi) is 6.76. The minimum atomic E-state index is 0. The molecule has 3 aromatic rings. The van der Waals surface area contributed by atoms with E-state index in [1.165, 1.54) is 33.7 Å². The minimum absolute atomic E-state index is 0. The number of thiophene rings is 1. The second-order valence-electron chi connectivity index (χ2n) is 7.37. The number of aryl methyl sites for hydroxylation is 3. The first-order valence-corrected chi connectivity index (χ1v) is 10.6. The number of halogens is 1. The van der Waals surface area contributed by atoms with Gasteiger partial charge in [0.05, 0.1) is 0 Å². The van der Waals surface area contributed by atoms with Gasteiger partial charge in [-0.25, -0.2) is 0 Å². The van der Waals surface area contributed by atoms with Gasteiger partial charge in [0.2, 0.25) is 0 Å². The van der Waals surface area contributed by atoms with E-state index in [2.05, 4.69) is 52.8 Å². The average molecular weight is 415 g/mol. The van der Waals surface area contributed by atoms with Crippen molar-refractivity contribution in [3.05, 3.63) is 80.1 Å². The number of pyridine rings is 1. The molecule has 0 fully saturated rings. The van der Waals surface area contributed by atoms with Gasteiger partial charge in [0.25, 0.3) is 5.56 Å². The second-order valence-corrected chi connectivity index (χ2v) is 8.54.